The van der Waals surface area contributed by atoms with Gasteiger partial charge in [-0.25, -0.2) is 4.98 Å². The van der Waals surface area contributed by atoms with Crippen molar-refractivity contribution in [3.8, 4) is 5.75 Å². The van der Waals surface area contributed by atoms with Gasteiger partial charge < -0.3 is 10.1 Å². The second-order valence-corrected chi connectivity index (χ2v) is 7.35. The summed E-state index contributed by atoms with van der Waals surface area (Å²) < 4.78 is 11.3. The average molecular weight is 351 g/mol. The molecule has 2 aromatic heterocycles. The predicted molar refractivity (Wildman–Crippen MR) is 89.6 cm³/mol. The maximum Gasteiger partial charge on any atom is 0.211 e. The molecule has 1 aromatic carbocycles. The van der Waals surface area contributed by atoms with Gasteiger partial charge in [-0.05, 0) is 35.4 Å². The second kappa shape index (κ2) is 7.03. The van der Waals surface area contributed by atoms with Gasteiger partial charge in [-0.2, -0.15) is 4.37 Å². The maximum absolute atomic E-state index is 5.31. The molecule has 0 saturated carbocycles. The van der Waals surface area contributed by atoms with Crippen LogP contribution in [0.5, 0.6) is 5.75 Å². The largest absolute Gasteiger partial charge is 0.495 e. The normalized spacial score (nSPS) is 10.6. The molecule has 6 nitrogen and oxygen atoms in total. The molecule has 1 N–H and O–H groups in total. The summed E-state index contributed by atoms with van der Waals surface area (Å²) in [5.41, 5.74) is 0.863. The Morgan fingerprint density at radius 3 is 2.86 bits per heavy atom. The van der Waals surface area contributed by atoms with E-state index in [1.807, 2.05) is 31.2 Å². The van der Waals surface area contributed by atoms with Crippen molar-refractivity contribution in [1.29, 1.82) is 0 Å². The summed E-state index contributed by atoms with van der Waals surface area (Å²) in [5, 5.41) is 12.2. The monoisotopic (exact) mass is 351 g/mol. The Bertz CT molecular complexity index is 757. The molecule has 3 rings (SSSR count). The highest BCUT2D eigenvalue weighted by Gasteiger charge is 2.11. The molecule has 0 amide bonds. The molecule has 9 heteroatoms. The van der Waals surface area contributed by atoms with E-state index in [4.69, 9.17) is 4.74 Å². The first-order chi connectivity index (χ1) is 10.8. The Hall–Kier alpha value is -1.71. The van der Waals surface area contributed by atoms with Crippen molar-refractivity contribution in [1.82, 2.24) is 19.6 Å². The van der Waals surface area contributed by atoms with Crippen LogP contribution in [0.15, 0.2) is 32.9 Å². The van der Waals surface area contributed by atoms with Gasteiger partial charge in [-0.15, -0.1) is 10.2 Å². The van der Waals surface area contributed by atoms with E-state index in [1.165, 1.54) is 34.6 Å². The van der Waals surface area contributed by atoms with E-state index in [1.54, 1.807) is 7.11 Å². The summed E-state index contributed by atoms with van der Waals surface area (Å²) in [4.78, 5) is 4.41. The number of aryl methyl sites for hydroxylation is 1. The lowest BCUT2D eigenvalue weighted by atomic mass is 10.3. The lowest BCUT2D eigenvalue weighted by Crippen LogP contribution is -1.93. The molecule has 0 aliphatic heterocycles. The van der Waals surface area contributed by atoms with Gasteiger partial charge in [0, 0.05) is 6.42 Å². The summed E-state index contributed by atoms with van der Waals surface area (Å²) in [6.07, 6.45) is 0.841. The molecule has 0 fully saturated rings. The van der Waals surface area contributed by atoms with Crippen LogP contribution in [0.1, 0.15) is 12.7 Å². The molecule has 22 heavy (non-hydrogen) atoms. The molecular formula is C13H13N5OS3. The Morgan fingerprint density at radius 1 is 1.23 bits per heavy atom. The van der Waals surface area contributed by atoms with Gasteiger partial charge in [0.05, 0.1) is 12.8 Å². The number of para-hydroxylation sites is 2. The fraction of sp³-hybridized carbons (Fsp3) is 0.231. The number of aromatic nitrogens is 4. The van der Waals surface area contributed by atoms with Crippen molar-refractivity contribution in [3.63, 3.8) is 0 Å². The van der Waals surface area contributed by atoms with Crippen molar-refractivity contribution in [3.05, 3.63) is 30.1 Å². The van der Waals surface area contributed by atoms with Crippen LogP contribution in [-0.4, -0.2) is 26.7 Å². The molecule has 0 bridgehead atoms. The van der Waals surface area contributed by atoms with Gasteiger partial charge in [-0.3, -0.25) is 0 Å². The SMILES string of the molecule is CCc1nsc(Sc2nnc(Nc3ccccc3OC)s2)n1. The van der Waals surface area contributed by atoms with Gasteiger partial charge in [0.25, 0.3) is 0 Å². The second-order valence-electron chi connectivity index (χ2n) is 4.13. The molecule has 0 spiro atoms. The molecule has 0 aliphatic rings. The quantitative estimate of drug-likeness (QED) is 0.723. The van der Waals surface area contributed by atoms with Gasteiger partial charge >= 0.3 is 0 Å². The molecule has 0 atom stereocenters. The highest BCUT2D eigenvalue weighted by molar-refractivity contribution is 8.02. The third-order valence-corrected chi connectivity index (χ3v) is 5.37. The molecular weight excluding hydrogens is 338 g/mol. The number of ether oxygens (including phenoxy) is 1. The third kappa shape index (κ3) is 3.54. The third-order valence-electron chi connectivity index (χ3n) is 2.70. The number of nitrogens with one attached hydrogen (secondary N) is 1. The van der Waals surface area contributed by atoms with Gasteiger partial charge in [-0.1, -0.05) is 30.4 Å². The Morgan fingerprint density at radius 2 is 2.09 bits per heavy atom. The van der Waals surface area contributed by atoms with Crippen LogP contribution in [0.4, 0.5) is 10.8 Å². The van der Waals surface area contributed by atoms with E-state index < -0.39 is 0 Å². The lowest BCUT2D eigenvalue weighted by molar-refractivity contribution is 0.417. The van der Waals surface area contributed by atoms with Gasteiger partial charge in [0.2, 0.25) is 5.13 Å². The van der Waals surface area contributed by atoms with Crippen LogP contribution in [0, 0.1) is 0 Å². The Labute approximate surface area is 140 Å². The van der Waals surface area contributed by atoms with Gasteiger partial charge in [0.1, 0.15) is 11.6 Å². The van der Waals surface area contributed by atoms with E-state index >= 15 is 0 Å². The summed E-state index contributed by atoms with van der Waals surface area (Å²) >= 11 is 4.34. The number of anilines is 2. The first-order valence-electron chi connectivity index (χ1n) is 6.52. The Kier molecular flexibility index (Phi) is 4.86. The van der Waals surface area contributed by atoms with Gasteiger partial charge in [0.15, 0.2) is 8.68 Å². The number of benzene rings is 1. The van der Waals surface area contributed by atoms with Crippen LogP contribution in [0.2, 0.25) is 0 Å². The molecule has 3 aromatic rings. The minimum atomic E-state index is 0.715. The molecule has 114 valence electrons. The van der Waals surface area contributed by atoms with Crippen LogP contribution in [0.3, 0.4) is 0 Å². The number of rotatable bonds is 6. The summed E-state index contributed by atoms with van der Waals surface area (Å²) in [5.74, 6) is 1.63. The number of hydrogen-bond acceptors (Lipinski definition) is 9. The minimum Gasteiger partial charge on any atom is -0.495 e. The van der Waals surface area contributed by atoms with Crippen molar-refractivity contribution in [2.45, 2.75) is 22.0 Å². The summed E-state index contributed by atoms with van der Waals surface area (Å²) in [7, 11) is 1.64. The zero-order valence-corrected chi connectivity index (χ0v) is 14.4. The smallest absolute Gasteiger partial charge is 0.211 e. The van der Waals surface area contributed by atoms with Crippen LogP contribution >= 0.6 is 34.6 Å². The first kappa shape index (κ1) is 15.2. The number of nitrogens with zero attached hydrogens (tertiary/aromatic N) is 4. The molecule has 0 unspecified atom stereocenters. The van der Waals surface area contributed by atoms with Crippen LogP contribution in [-0.2, 0) is 6.42 Å². The minimum absolute atomic E-state index is 0.715. The standard InChI is InChI=1S/C13H13N5OS3/c1-3-10-15-12(22-18-10)21-13-17-16-11(20-13)14-8-6-4-5-7-9(8)19-2/h4-7H,3H2,1-2H3,(H,14,16). The van der Waals surface area contributed by atoms with E-state index in [2.05, 4.69) is 24.9 Å². The molecule has 2 heterocycles. The van der Waals surface area contributed by atoms with Crippen molar-refractivity contribution >= 4 is 45.5 Å². The summed E-state index contributed by atoms with van der Waals surface area (Å²) in [6, 6.07) is 7.69. The number of methoxy groups -OCH3 is 1. The van der Waals surface area contributed by atoms with E-state index in [9.17, 15) is 0 Å². The molecule has 0 aliphatic carbocycles. The zero-order valence-electron chi connectivity index (χ0n) is 11.9. The highest BCUT2D eigenvalue weighted by Crippen LogP contribution is 2.35. The van der Waals surface area contributed by atoms with Crippen molar-refractivity contribution in [2.24, 2.45) is 0 Å². The first-order valence-corrected chi connectivity index (χ1v) is 8.93. The fourth-order valence-electron chi connectivity index (χ4n) is 1.66. The summed E-state index contributed by atoms with van der Waals surface area (Å²) in [6.45, 7) is 2.04. The van der Waals surface area contributed by atoms with Crippen LogP contribution in [0.25, 0.3) is 0 Å². The maximum atomic E-state index is 5.31. The van der Waals surface area contributed by atoms with E-state index in [0.717, 1.165) is 32.4 Å². The number of hydrogen-bond donors (Lipinski definition) is 1. The van der Waals surface area contributed by atoms with Crippen molar-refractivity contribution in [2.75, 3.05) is 12.4 Å². The highest BCUT2D eigenvalue weighted by atomic mass is 32.2. The topological polar surface area (TPSA) is 72.8 Å². The predicted octanol–water partition coefficient (Wildman–Crippen LogP) is 3.86. The zero-order chi connectivity index (χ0) is 15.4. The van der Waals surface area contributed by atoms with Crippen molar-refractivity contribution < 1.29 is 4.74 Å². The Balaban J connectivity index is 1.71. The van der Waals surface area contributed by atoms with E-state index in [-0.39, 0.29) is 0 Å². The lowest BCUT2D eigenvalue weighted by Gasteiger charge is -2.07. The van der Waals surface area contributed by atoms with E-state index in [0.29, 0.717) is 5.13 Å². The molecule has 0 saturated heterocycles. The molecule has 0 radical (unpaired) electrons. The fourth-order valence-corrected chi connectivity index (χ4v) is 4.33. The average Bonchev–Trinajstić information content (AvgIpc) is 3.18. The van der Waals surface area contributed by atoms with Crippen LogP contribution < -0.4 is 10.1 Å².